The Morgan fingerprint density at radius 2 is 2.07 bits per heavy atom. The van der Waals surface area contributed by atoms with E-state index in [1.54, 1.807) is 0 Å². The summed E-state index contributed by atoms with van der Waals surface area (Å²) in [5, 5.41) is 19.0. The summed E-state index contributed by atoms with van der Waals surface area (Å²) in [5.74, 6) is 0. The molecule has 2 aromatic heterocycles. The molecule has 0 saturated carbocycles. The summed E-state index contributed by atoms with van der Waals surface area (Å²) in [6.07, 6.45) is 0. The van der Waals surface area contributed by atoms with Crippen molar-refractivity contribution in [3.8, 4) is 0 Å². The highest BCUT2D eigenvalue weighted by atomic mass is 32.1. The lowest BCUT2D eigenvalue weighted by atomic mass is 10.3. The number of aromatic nitrogens is 2. The summed E-state index contributed by atoms with van der Waals surface area (Å²) in [7, 11) is 0. The van der Waals surface area contributed by atoms with E-state index in [0.29, 0.717) is 16.4 Å². The second kappa shape index (κ2) is 4.08. The molecule has 0 aliphatic carbocycles. The third kappa shape index (κ3) is 2.05. The topological polar surface area (TPSA) is 61.2 Å². The first kappa shape index (κ1) is 10.3. The molecule has 2 aromatic rings. The molecule has 2 rings (SSSR count). The van der Waals surface area contributed by atoms with E-state index < -0.39 is 0 Å². The van der Waals surface area contributed by atoms with Crippen molar-refractivity contribution in [3.63, 3.8) is 0 Å². The van der Waals surface area contributed by atoms with Crippen LogP contribution in [0.25, 0.3) is 0 Å². The van der Waals surface area contributed by atoms with Crippen molar-refractivity contribution < 1.29 is 0 Å². The summed E-state index contributed by atoms with van der Waals surface area (Å²) < 4.78 is 0. The van der Waals surface area contributed by atoms with E-state index in [2.05, 4.69) is 15.1 Å². The lowest BCUT2D eigenvalue weighted by Gasteiger charge is -2.01. The maximum Gasteiger partial charge on any atom is 0.143 e. The van der Waals surface area contributed by atoms with Gasteiger partial charge in [0.25, 0.3) is 0 Å². The van der Waals surface area contributed by atoms with Crippen LogP contribution in [0, 0.1) is 19.1 Å². The first-order valence-corrected chi connectivity index (χ1v) is 6.02. The summed E-state index contributed by atoms with van der Waals surface area (Å²) in [5.41, 5.74) is 1.84. The number of nitrogens with zero attached hydrogens (tertiary/aromatic N) is 3. The first-order valence-electron chi connectivity index (χ1n) is 4.26. The third-order valence-electron chi connectivity index (χ3n) is 1.77. The van der Waals surface area contributed by atoms with Gasteiger partial charge < -0.3 is 10.4 Å². The van der Waals surface area contributed by atoms with E-state index in [4.69, 9.17) is 0 Å². The molecule has 0 fully saturated rings. The Balaban J connectivity index is 2.42. The van der Waals surface area contributed by atoms with Crippen LogP contribution in [-0.2, 0) is 0 Å². The van der Waals surface area contributed by atoms with Gasteiger partial charge in [-0.3, -0.25) is 0 Å². The molecule has 15 heavy (non-hydrogen) atoms. The van der Waals surface area contributed by atoms with E-state index in [9.17, 15) is 5.21 Å². The van der Waals surface area contributed by atoms with Gasteiger partial charge in [0.15, 0.2) is 0 Å². The molecular formula is C9H8N3OS2-. The Bertz CT molecular complexity index is 459. The standard InChI is InChI=1S/C9H9N3OS2/c1-5-3-15-9(10-5)8(12-13)7-4-14-6(2)11-7/h3-4,13H,1-2H3/p-1. The number of hydrogen-bond donors (Lipinski definition) is 0. The molecule has 0 aliphatic rings. The normalized spacial score (nSPS) is 12.0. The van der Waals surface area contributed by atoms with Crippen molar-refractivity contribution in [3.05, 3.63) is 37.4 Å². The summed E-state index contributed by atoms with van der Waals surface area (Å²) in [6, 6.07) is 0. The molecule has 0 bridgehead atoms. The van der Waals surface area contributed by atoms with Crippen LogP contribution >= 0.6 is 22.7 Å². The van der Waals surface area contributed by atoms with Gasteiger partial charge in [0.2, 0.25) is 0 Å². The molecule has 0 saturated heterocycles. The molecule has 0 amide bonds. The van der Waals surface area contributed by atoms with E-state index in [0.717, 1.165) is 10.7 Å². The Hall–Kier alpha value is -1.27. The van der Waals surface area contributed by atoms with Gasteiger partial charge >= 0.3 is 0 Å². The minimum absolute atomic E-state index is 0.331. The molecule has 0 aromatic carbocycles. The Kier molecular flexibility index (Phi) is 2.79. The van der Waals surface area contributed by atoms with E-state index in [-0.39, 0.29) is 0 Å². The van der Waals surface area contributed by atoms with Crippen LogP contribution in [0.1, 0.15) is 21.4 Å². The van der Waals surface area contributed by atoms with Gasteiger partial charge in [0.1, 0.15) is 16.4 Å². The number of rotatable bonds is 2. The van der Waals surface area contributed by atoms with Crippen molar-refractivity contribution in [1.82, 2.24) is 9.97 Å². The van der Waals surface area contributed by atoms with Crippen LogP contribution in [-0.4, -0.2) is 15.7 Å². The first-order chi connectivity index (χ1) is 7.20. The maximum absolute atomic E-state index is 10.8. The molecule has 2 heterocycles. The molecule has 0 unspecified atom stereocenters. The van der Waals surface area contributed by atoms with Crippen LogP contribution in [0.2, 0.25) is 0 Å². The molecule has 0 spiro atoms. The lowest BCUT2D eigenvalue weighted by molar-refractivity contribution is 1.22. The van der Waals surface area contributed by atoms with Gasteiger partial charge in [-0.15, -0.1) is 22.7 Å². The average Bonchev–Trinajstić information content (AvgIpc) is 2.78. The number of hydrogen-bond acceptors (Lipinski definition) is 6. The molecular weight excluding hydrogens is 230 g/mol. The molecule has 6 heteroatoms. The zero-order valence-electron chi connectivity index (χ0n) is 8.22. The largest absolute Gasteiger partial charge is 0.791 e. The Labute approximate surface area is 94.9 Å². The quantitative estimate of drug-likeness (QED) is 0.596. The highest BCUT2D eigenvalue weighted by molar-refractivity contribution is 7.12. The maximum atomic E-state index is 10.8. The van der Waals surface area contributed by atoms with Gasteiger partial charge in [-0.05, 0) is 13.8 Å². The van der Waals surface area contributed by atoms with Crippen LogP contribution in [0.15, 0.2) is 15.9 Å². The van der Waals surface area contributed by atoms with E-state index in [1.807, 2.05) is 24.6 Å². The molecule has 4 nitrogen and oxygen atoms in total. The summed E-state index contributed by atoms with van der Waals surface area (Å²) in [4.78, 5) is 8.44. The molecule has 78 valence electrons. The van der Waals surface area contributed by atoms with Gasteiger partial charge in [0, 0.05) is 16.5 Å². The lowest BCUT2D eigenvalue weighted by Crippen LogP contribution is -2.02. The van der Waals surface area contributed by atoms with Crippen molar-refractivity contribution >= 4 is 28.4 Å². The second-order valence-corrected chi connectivity index (χ2v) is 4.91. The Morgan fingerprint density at radius 3 is 2.53 bits per heavy atom. The van der Waals surface area contributed by atoms with Crippen molar-refractivity contribution in [1.29, 1.82) is 0 Å². The van der Waals surface area contributed by atoms with E-state index in [1.165, 1.54) is 22.7 Å². The molecule has 0 aliphatic heterocycles. The van der Waals surface area contributed by atoms with Crippen LogP contribution in [0.3, 0.4) is 0 Å². The fourth-order valence-electron chi connectivity index (χ4n) is 1.13. The predicted octanol–water partition coefficient (Wildman–Crippen LogP) is 2.55. The monoisotopic (exact) mass is 238 g/mol. The number of aryl methyl sites for hydroxylation is 2. The SMILES string of the molecule is Cc1csc(C(=N[O-])c2csc(C)n2)n1. The molecule has 0 radical (unpaired) electrons. The van der Waals surface area contributed by atoms with Gasteiger partial charge in [-0.1, -0.05) is 0 Å². The van der Waals surface area contributed by atoms with Crippen molar-refractivity contribution in [2.24, 2.45) is 5.16 Å². The van der Waals surface area contributed by atoms with Crippen molar-refractivity contribution in [2.45, 2.75) is 13.8 Å². The van der Waals surface area contributed by atoms with Crippen LogP contribution < -0.4 is 0 Å². The minimum Gasteiger partial charge on any atom is -0.791 e. The van der Waals surface area contributed by atoms with Crippen LogP contribution in [0.4, 0.5) is 0 Å². The highest BCUT2D eigenvalue weighted by Gasteiger charge is 2.11. The summed E-state index contributed by atoms with van der Waals surface area (Å²) in [6.45, 7) is 3.78. The third-order valence-corrected chi connectivity index (χ3v) is 3.51. The van der Waals surface area contributed by atoms with Gasteiger partial charge in [-0.25, -0.2) is 9.97 Å². The van der Waals surface area contributed by atoms with Gasteiger partial charge in [-0.2, -0.15) is 0 Å². The minimum atomic E-state index is 0.331. The zero-order valence-corrected chi connectivity index (χ0v) is 9.85. The van der Waals surface area contributed by atoms with E-state index >= 15 is 0 Å². The second-order valence-electron chi connectivity index (χ2n) is 2.99. The van der Waals surface area contributed by atoms with Crippen LogP contribution in [0.5, 0.6) is 0 Å². The average molecular weight is 238 g/mol. The predicted molar refractivity (Wildman–Crippen MR) is 62.7 cm³/mol. The number of thiazole rings is 2. The Morgan fingerprint density at radius 1 is 1.27 bits per heavy atom. The highest BCUT2D eigenvalue weighted by Crippen LogP contribution is 2.17. The molecule has 0 atom stereocenters. The van der Waals surface area contributed by atoms with Gasteiger partial charge in [0.05, 0.1) is 5.01 Å². The van der Waals surface area contributed by atoms with Crippen molar-refractivity contribution in [2.75, 3.05) is 0 Å². The smallest absolute Gasteiger partial charge is 0.143 e. The fraction of sp³-hybridized carbons (Fsp3) is 0.222. The molecule has 0 N–H and O–H groups in total. The zero-order chi connectivity index (χ0) is 10.8. The summed E-state index contributed by atoms with van der Waals surface area (Å²) >= 11 is 2.90. The fourth-order valence-corrected chi connectivity index (χ4v) is 2.51.